The van der Waals surface area contributed by atoms with Crippen LogP contribution < -0.4 is 4.74 Å². The second-order valence-electron chi connectivity index (χ2n) is 12.5. The number of fused-ring (bicyclic) bond motifs is 5. The van der Waals surface area contributed by atoms with Crippen LogP contribution in [0, 0.1) is 40.4 Å². The summed E-state index contributed by atoms with van der Waals surface area (Å²) in [6, 6.07) is 5.44. The van der Waals surface area contributed by atoms with Gasteiger partial charge in [0.15, 0.2) is 5.78 Å². The molecule has 0 saturated heterocycles. The fourth-order valence-electron chi connectivity index (χ4n) is 8.88. The van der Waals surface area contributed by atoms with Gasteiger partial charge >= 0.3 is 6.36 Å². The number of ether oxygens (including phenoxy) is 1. The average molecular weight is 479 g/mol. The van der Waals surface area contributed by atoms with Gasteiger partial charge in [-0.2, -0.15) is 0 Å². The summed E-state index contributed by atoms with van der Waals surface area (Å²) >= 11 is 0. The van der Waals surface area contributed by atoms with Gasteiger partial charge in [0.2, 0.25) is 0 Å². The number of hydrogen-bond donors (Lipinski definition) is 1. The predicted molar refractivity (Wildman–Crippen MR) is 123 cm³/mol. The van der Waals surface area contributed by atoms with E-state index in [1.807, 2.05) is 6.92 Å². The molecule has 4 aliphatic rings. The van der Waals surface area contributed by atoms with E-state index < -0.39 is 12.0 Å². The molecule has 4 saturated carbocycles. The van der Waals surface area contributed by atoms with Crippen molar-refractivity contribution in [3.05, 3.63) is 29.8 Å². The summed E-state index contributed by atoms with van der Waals surface area (Å²) < 4.78 is 41.4. The molecule has 4 fully saturated rings. The van der Waals surface area contributed by atoms with Crippen LogP contribution in [0.3, 0.4) is 0 Å². The first-order chi connectivity index (χ1) is 15.8. The highest BCUT2D eigenvalue weighted by atomic mass is 19.4. The molecule has 0 unspecified atom stereocenters. The highest BCUT2D eigenvalue weighted by molar-refractivity contribution is 5.98. The van der Waals surface area contributed by atoms with Crippen molar-refractivity contribution in [2.75, 3.05) is 0 Å². The number of carbonyl (C=O) groups is 1. The van der Waals surface area contributed by atoms with Gasteiger partial charge in [-0.3, -0.25) is 4.79 Å². The van der Waals surface area contributed by atoms with E-state index in [1.165, 1.54) is 37.1 Å². The van der Waals surface area contributed by atoms with Gasteiger partial charge in [0.05, 0.1) is 5.60 Å². The first-order valence-corrected chi connectivity index (χ1v) is 12.9. The molecule has 0 bridgehead atoms. The SMILES string of the molecule is C[C@@]1(O)CC[C@@]2(C)[C@@H](CC[C@@H]3[C@@H]2CC[C@]2(C)[C@@H](C(=O)c4ccc(OC(F)(F)F)cc4)CC[C@@H]32)C1. The summed E-state index contributed by atoms with van der Waals surface area (Å²) in [4.78, 5) is 13.5. The molecule has 3 nitrogen and oxygen atoms in total. The van der Waals surface area contributed by atoms with Crippen molar-refractivity contribution in [1.29, 1.82) is 0 Å². The van der Waals surface area contributed by atoms with E-state index in [0.717, 1.165) is 44.9 Å². The van der Waals surface area contributed by atoms with Gasteiger partial charge in [-0.1, -0.05) is 13.8 Å². The van der Waals surface area contributed by atoms with Gasteiger partial charge in [0.1, 0.15) is 5.75 Å². The predicted octanol–water partition coefficient (Wildman–Crippen LogP) is 7.18. The maximum absolute atomic E-state index is 13.5. The normalized spacial score (nSPS) is 44.0. The summed E-state index contributed by atoms with van der Waals surface area (Å²) in [6.45, 7) is 6.75. The number of carbonyl (C=O) groups excluding carboxylic acids is 1. The highest BCUT2D eigenvalue weighted by Gasteiger charge is 2.61. The smallest absolute Gasteiger partial charge is 0.406 e. The van der Waals surface area contributed by atoms with Crippen LogP contribution in [0.5, 0.6) is 5.75 Å². The Labute approximate surface area is 200 Å². The fourth-order valence-corrected chi connectivity index (χ4v) is 8.88. The Morgan fingerprint density at radius 1 is 0.912 bits per heavy atom. The Morgan fingerprint density at radius 2 is 1.59 bits per heavy atom. The number of aliphatic hydroxyl groups is 1. The Hall–Kier alpha value is -1.56. The molecule has 0 amide bonds. The van der Waals surface area contributed by atoms with Crippen LogP contribution >= 0.6 is 0 Å². The molecule has 8 atom stereocenters. The van der Waals surface area contributed by atoms with Crippen LogP contribution in [0.15, 0.2) is 24.3 Å². The maximum atomic E-state index is 13.5. The molecule has 34 heavy (non-hydrogen) atoms. The molecular formula is C28H37F3O3. The molecular weight excluding hydrogens is 441 g/mol. The third kappa shape index (κ3) is 3.98. The minimum Gasteiger partial charge on any atom is -0.406 e. The lowest BCUT2D eigenvalue weighted by Gasteiger charge is -2.61. The van der Waals surface area contributed by atoms with Crippen molar-refractivity contribution in [2.24, 2.45) is 40.4 Å². The largest absolute Gasteiger partial charge is 0.573 e. The molecule has 0 aromatic heterocycles. The summed E-state index contributed by atoms with van der Waals surface area (Å²) in [5.74, 6) is 2.08. The van der Waals surface area contributed by atoms with E-state index in [4.69, 9.17) is 0 Å². The number of Topliss-reactive ketones (excluding diaryl/α,β-unsaturated/α-hetero) is 1. The van der Waals surface area contributed by atoms with E-state index >= 15 is 0 Å². The first-order valence-electron chi connectivity index (χ1n) is 12.9. The van der Waals surface area contributed by atoms with Crippen molar-refractivity contribution in [1.82, 2.24) is 0 Å². The van der Waals surface area contributed by atoms with Crippen LogP contribution in [-0.4, -0.2) is 22.9 Å². The third-order valence-corrected chi connectivity index (χ3v) is 10.6. The zero-order chi connectivity index (χ0) is 24.5. The lowest BCUT2D eigenvalue weighted by Crippen LogP contribution is -2.55. The number of alkyl halides is 3. The van der Waals surface area contributed by atoms with Crippen LogP contribution in [-0.2, 0) is 0 Å². The summed E-state index contributed by atoms with van der Waals surface area (Å²) in [5, 5.41) is 10.7. The van der Waals surface area contributed by atoms with E-state index in [2.05, 4.69) is 18.6 Å². The molecule has 4 aliphatic carbocycles. The zero-order valence-corrected chi connectivity index (χ0v) is 20.5. The molecule has 1 aromatic carbocycles. The van der Waals surface area contributed by atoms with Crippen LogP contribution in [0.2, 0.25) is 0 Å². The van der Waals surface area contributed by atoms with Crippen LogP contribution in [0.4, 0.5) is 13.2 Å². The second kappa shape index (κ2) is 7.97. The van der Waals surface area contributed by atoms with Crippen molar-refractivity contribution in [2.45, 2.75) is 90.5 Å². The molecule has 0 heterocycles. The Bertz CT molecular complexity index is 939. The van der Waals surface area contributed by atoms with Crippen molar-refractivity contribution in [3.8, 4) is 5.75 Å². The Kier molecular flexibility index (Phi) is 5.66. The number of benzene rings is 1. The quantitative estimate of drug-likeness (QED) is 0.468. The zero-order valence-electron chi connectivity index (χ0n) is 20.5. The van der Waals surface area contributed by atoms with Gasteiger partial charge < -0.3 is 9.84 Å². The highest BCUT2D eigenvalue weighted by Crippen LogP contribution is 2.68. The van der Waals surface area contributed by atoms with Gasteiger partial charge in [0.25, 0.3) is 0 Å². The topological polar surface area (TPSA) is 46.5 Å². The molecule has 188 valence electrons. The van der Waals surface area contributed by atoms with Gasteiger partial charge in [-0.15, -0.1) is 13.2 Å². The molecule has 1 aromatic rings. The van der Waals surface area contributed by atoms with E-state index in [1.54, 1.807) is 0 Å². The maximum Gasteiger partial charge on any atom is 0.573 e. The molecule has 1 N–H and O–H groups in total. The number of rotatable bonds is 3. The van der Waals surface area contributed by atoms with Gasteiger partial charge in [-0.05, 0) is 123 Å². The van der Waals surface area contributed by atoms with Gasteiger partial charge in [0, 0.05) is 11.5 Å². The lowest BCUT2D eigenvalue weighted by molar-refractivity contribution is -0.274. The summed E-state index contributed by atoms with van der Waals surface area (Å²) in [6.07, 6.45) is 4.57. The van der Waals surface area contributed by atoms with Gasteiger partial charge in [-0.25, -0.2) is 0 Å². The fraction of sp³-hybridized carbons (Fsp3) is 0.750. The lowest BCUT2D eigenvalue weighted by atomic mass is 9.44. The molecule has 0 radical (unpaired) electrons. The van der Waals surface area contributed by atoms with Crippen molar-refractivity contribution >= 4 is 5.78 Å². The van der Waals surface area contributed by atoms with Crippen molar-refractivity contribution < 1.29 is 27.8 Å². The second-order valence-corrected chi connectivity index (χ2v) is 12.5. The summed E-state index contributed by atoms with van der Waals surface area (Å²) in [7, 11) is 0. The van der Waals surface area contributed by atoms with E-state index in [-0.39, 0.29) is 28.3 Å². The number of ketones is 1. The van der Waals surface area contributed by atoms with Crippen LogP contribution in [0.25, 0.3) is 0 Å². The Balaban J connectivity index is 1.33. The van der Waals surface area contributed by atoms with E-state index in [0.29, 0.717) is 29.2 Å². The molecule has 0 aliphatic heterocycles. The minimum atomic E-state index is -4.74. The standard InChI is InChI=1S/C28H37F3O3/c1-25(33)14-15-26(2)18(16-25)6-9-20-21-10-11-23(27(21,3)13-12-22(20)26)24(32)17-4-7-19(8-5-17)34-28(29,30)31/h4-5,7-8,18,20-23,33H,6,9-16H2,1-3H3/t18-,20-,21-,22-,23+,25+,26-,27-/m0/s1. The third-order valence-electron chi connectivity index (χ3n) is 10.6. The first kappa shape index (κ1) is 24.1. The summed E-state index contributed by atoms with van der Waals surface area (Å²) in [5.41, 5.74) is 0.172. The van der Waals surface area contributed by atoms with Crippen molar-refractivity contribution in [3.63, 3.8) is 0 Å². The van der Waals surface area contributed by atoms with E-state index in [9.17, 15) is 23.1 Å². The number of halogens is 3. The number of hydrogen-bond acceptors (Lipinski definition) is 3. The molecule has 5 rings (SSSR count). The minimum absolute atomic E-state index is 0.0528. The van der Waals surface area contributed by atoms with Crippen LogP contribution in [0.1, 0.15) is 88.9 Å². The monoisotopic (exact) mass is 478 g/mol. The Morgan fingerprint density at radius 3 is 2.26 bits per heavy atom. The molecule has 0 spiro atoms. The average Bonchev–Trinajstić information content (AvgIpc) is 3.10. The molecule has 6 heteroatoms.